The Bertz CT molecular complexity index is 339. The van der Waals surface area contributed by atoms with Gasteiger partial charge in [-0.25, -0.2) is 4.98 Å². The summed E-state index contributed by atoms with van der Waals surface area (Å²) >= 11 is 5.71. The minimum absolute atomic E-state index is 0.436. The number of nitrogens with zero attached hydrogens (tertiary/aromatic N) is 3. The Hall–Kier alpha value is -0.830. The molecular weight excluding hydrogens is 234 g/mol. The summed E-state index contributed by atoms with van der Waals surface area (Å²) in [5.74, 6) is 2.32. The van der Waals surface area contributed by atoms with Crippen molar-refractivity contribution in [2.24, 2.45) is 5.92 Å². The van der Waals surface area contributed by atoms with Crippen molar-refractivity contribution in [1.82, 2.24) is 9.97 Å². The van der Waals surface area contributed by atoms with E-state index >= 15 is 0 Å². The first-order valence-corrected chi connectivity index (χ1v) is 6.98. The minimum Gasteiger partial charge on any atom is -0.355 e. The first-order valence-electron chi connectivity index (χ1n) is 6.45. The number of alkyl halides is 1. The number of halogens is 1. The highest BCUT2D eigenvalue weighted by Crippen LogP contribution is 2.22. The molecule has 3 nitrogen and oxygen atoms in total. The Morgan fingerprint density at radius 2 is 2.18 bits per heavy atom. The highest BCUT2D eigenvalue weighted by Gasteiger charge is 2.16. The lowest BCUT2D eigenvalue weighted by molar-refractivity contribution is 0.459. The number of hydrogen-bond donors (Lipinski definition) is 0. The van der Waals surface area contributed by atoms with Gasteiger partial charge in [-0.2, -0.15) is 0 Å². The zero-order valence-corrected chi connectivity index (χ0v) is 11.2. The van der Waals surface area contributed by atoms with Crippen molar-refractivity contribution in [3.8, 4) is 0 Å². The molecule has 0 spiro atoms. The van der Waals surface area contributed by atoms with Gasteiger partial charge in [0.1, 0.15) is 5.82 Å². The Morgan fingerprint density at radius 3 is 2.82 bits per heavy atom. The van der Waals surface area contributed by atoms with E-state index in [0.717, 1.165) is 30.5 Å². The van der Waals surface area contributed by atoms with Crippen LogP contribution in [-0.4, -0.2) is 23.1 Å². The van der Waals surface area contributed by atoms with Crippen LogP contribution < -0.4 is 4.90 Å². The lowest BCUT2D eigenvalue weighted by Gasteiger charge is -2.21. The molecule has 0 N–H and O–H groups in total. The van der Waals surface area contributed by atoms with E-state index in [4.69, 9.17) is 11.6 Å². The molecule has 0 bridgehead atoms. The van der Waals surface area contributed by atoms with Crippen LogP contribution in [0.3, 0.4) is 0 Å². The summed E-state index contributed by atoms with van der Waals surface area (Å²) in [6.45, 7) is 4.49. The van der Waals surface area contributed by atoms with Crippen molar-refractivity contribution in [2.75, 3.05) is 18.0 Å². The molecule has 94 valence electrons. The van der Waals surface area contributed by atoms with Crippen LogP contribution in [0.25, 0.3) is 0 Å². The monoisotopic (exact) mass is 253 g/mol. The van der Waals surface area contributed by atoms with E-state index in [9.17, 15) is 0 Å². The summed E-state index contributed by atoms with van der Waals surface area (Å²) in [7, 11) is 0. The van der Waals surface area contributed by atoms with Gasteiger partial charge in [0.2, 0.25) is 0 Å². The van der Waals surface area contributed by atoms with Gasteiger partial charge >= 0.3 is 0 Å². The minimum atomic E-state index is 0.436. The summed E-state index contributed by atoms with van der Waals surface area (Å²) < 4.78 is 0. The molecule has 2 heterocycles. The van der Waals surface area contributed by atoms with Crippen molar-refractivity contribution >= 4 is 17.4 Å². The van der Waals surface area contributed by atoms with Crippen molar-refractivity contribution in [2.45, 2.75) is 38.5 Å². The molecule has 17 heavy (non-hydrogen) atoms. The molecule has 2 rings (SSSR count). The number of rotatable bonds is 3. The SMILES string of the molecule is CCC1CCCN(c2cnc(CCl)cn2)CC1. The average molecular weight is 254 g/mol. The zero-order chi connectivity index (χ0) is 12.1. The van der Waals surface area contributed by atoms with Crippen LogP contribution in [0.4, 0.5) is 5.82 Å². The number of hydrogen-bond acceptors (Lipinski definition) is 3. The second-order valence-corrected chi connectivity index (χ2v) is 4.96. The summed E-state index contributed by atoms with van der Waals surface area (Å²) in [6, 6.07) is 0. The van der Waals surface area contributed by atoms with E-state index in [1.165, 1.54) is 25.7 Å². The van der Waals surface area contributed by atoms with Gasteiger partial charge in [-0.05, 0) is 25.2 Å². The normalized spacial score (nSPS) is 21.3. The van der Waals surface area contributed by atoms with E-state index in [1.807, 2.05) is 6.20 Å². The van der Waals surface area contributed by atoms with E-state index in [-0.39, 0.29) is 0 Å². The molecule has 1 fully saturated rings. The molecule has 0 saturated carbocycles. The van der Waals surface area contributed by atoms with Gasteiger partial charge in [0.15, 0.2) is 0 Å². The van der Waals surface area contributed by atoms with Gasteiger partial charge in [-0.15, -0.1) is 11.6 Å². The van der Waals surface area contributed by atoms with Gasteiger partial charge in [0, 0.05) is 13.1 Å². The van der Waals surface area contributed by atoms with E-state index in [2.05, 4.69) is 21.8 Å². The van der Waals surface area contributed by atoms with Gasteiger partial charge in [-0.3, -0.25) is 4.98 Å². The maximum Gasteiger partial charge on any atom is 0.147 e. The Labute approximate surface area is 108 Å². The molecular formula is C13H20ClN3. The summed E-state index contributed by atoms with van der Waals surface area (Å²) in [5, 5.41) is 0. The molecule has 0 aromatic carbocycles. The smallest absolute Gasteiger partial charge is 0.147 e. The predicted octanol–water partition coefficient (Wildman–Crippen LogP) is 3.23. The standard InChI is InChI=1S/C13H20ClN3/c1-2-11-4-3-6-17(7-5-11)13-10-15-12(8-14)9-16-13/h9-11H,2-8H2,1H3. The third kappa shape index (κ3) is 3.32. The van der Waals surface area contributed by atoms with E-state index in [1.54, 1.807) is 6.20 Å². The second kappa shape index (κ2) is 6.20. The second-order valence-electron chi connectivity index (χ2n) is 4.69. The Kier molecular flexibility index (Phi) is 4.60. The summed E-state index contributed by atoms with van der Waals surface area (Å²) in [6.07, 6.45) is 8.81. The first kappa shape index (κ1) is 12.6. The van der Waals surface area contributed by atoms with Crippen molar-refractivity contribution in [1.29, 1.82) is 0 Å². The highest BCUT2D eigenvalue weighted by atomic mass is 35.5. The van der Waals surface area contributed by atoms with Crippen LogP contribution in [0.2, 0.25) is 0 Å². The van der Waals surface area contributed by atoms with Crippen LogP contribution >= 0.6 is 11.6 Å². The molecule has 1 atom stereocenters. The molecule has 1 aliphatic rings. The van der Waals surface area contributed by atoms with Crippen LogP contribution in [0.1, 0.15) is 38.3 Å². The summed E-state index contributed by atoms with van der Waals surface area (Å²) in [4.78, 5) is 11.1. The first-order chi connectivity index (χ1) is 8.33. The fourth-order valence-corrected chi connectivity index (χ4v) is 2.52. The van der Waals surface area contributed by atoms with Crippen molar-refractivity contribution in [3.05, 3.63) is 18.1 Å². The predicted molar refractivity (Wildman–Crippen MR) is 71.4 cm³/mol. The topological polar surface area (TPSA) is 29.0 Å². The lowest BCUT2D eigenvalue weighted by atomic mass is 9.98. The largest absolute Gasteiger partial charge is 0.355 e. The van der Waals surface area contributed by atoms with E-state index in [0.29, 0.717) is 5.88 Å². The average Bonchev–Trinajstić information content (AvgIpc) is 2.64. The van der Waals surface area contributed by atoms with Crippen molar-refractivity contribution < 1.29 is 0 Å². The molecule has 0 radical (unpaired) electrons. The maximum absolute atomic E-state index is 5.71. The third-order valence-corrected chi connectivity index (χ3v) is 3.85. The molecule has 1 aromatic heterocycles. The lowest BCUT2D eigenvalue weighted by Crippen LogP contribution is -2.25. The van der Waals surface area contributed by atoms with Gasteiger partial charge in [0.05, 0.1) is 24.0 Å². The number of anilines is 1. The third-order valence-electron chi connectivity index (χ3n) is 3.58. The quantitative estimate of drug-likeness (QED) is 0.775. The molecule has 1 aliphatic heterocycles. The summed E-state index contributed by atoms with van der Waals surface area (Å²) in [5.41, 5.74) is 0.844. The fourth-order valence-electron chi connectivity index (χ4n) is 2.38. The van der Waals surface area contributed by atoms with Gasteiger partial charge in [0.25, 0.3) is 0 Å². The molecule has 4 heteroatoms. The fraction of sp³-hybridized carbons (Fsp3) is 0.692. The van der Waals surface area contributed by atoms with Crippen LogP contribution in [0.5, 0.6) is 0 Å². The molecule has 1 aromatic rings. The Balaban J connectivity index is 2.01. The Morgan fingerprint density at radius 1 is 1.29 bits per heavy atom. The molecule has 0 aliphatic carbocycles. The molecule has 1 unspecified atom stereocenters. The highest BCUT2D eigenvalue weighted by molar-refractivity contribution is 6.16. The van der Waals surface area contributed by atoms with Crippen LogP contribution in [-0.2, 0) is 5.88 Å². The van der Waals surface area contributed by atoms with Crippen molar-refractivity contribution in [3.63, 3.8) is 0 Å². The molecule has 1 saturated heterocycles. The zero-order valence-electron chi connectivity index (χ0n) is 10.4. The maximum atomic E-state index is 5.71. The number of aromatic nitrogens is 2. The van der Waals surface area contributed by atoms with Gasteiger partial charge < -0.3 is 4.90 Å². The molecule has 0 amide bonds. The van der Waals surface area contributed by atoms with Crippen LogP contribution in [0, 0.1) is 5.92 Å². The van der Waals surface area contributed by atoms with Gasteiger partial charge in [-0.1, -0.05) is 13.3 Å². The van der Waals surface area contributed by atoms with Crippen LogP contribution in [0.15, 0.2) is 12.4 Å². The van der Waals surface area contributed by atoms with E-state index < -0.39 is 0 Å².